The smallest absolute Gasteiger partial charge is 0.127 e. The molecule has 33 heavy (non-hydrogen) atoms. The summed E-state index contributed by atoms with van der Waals surface area (Å²) in [5.41, 5.74) is 3.01. The van der Waals surface area contributed by atoms with Crippen molar-refractivity contribution in [2.24, 2.45) is 11.8 Å². The van der Waals surface area contributed by atoms with Gasteiger partial charge in [-0.25, -0.2) is 8.78 Å². The monoisotopic (exact) mass is 458 g/mol. The molecule has 0 radical (unpaired) electrons. The van der Waals surface area contributed by atoms with Gasteiger partial charge in [0.1, 0.15) is 11.6 Å². The summed E-state index contributed by atoms with van der Waals surface area (Å²) in [7, 11) is 1.74. The van der Waals surface area contributed by atoms with E-state index in [1.807, 2.05) is 24.3 Å². The summed E-state index contributed by atoms with van der Waals surface area (Å²) in [5.74, 6) is 1.27. The molecule has 0 N–H and O–H groups in total. The van der Waals surface area contributed by atoms with E-state index in [0.717, 1.165) is 86.6 Å². The maximum atomic E-state index is 15.0. The van der Waals surface area contributed by atoms with Gasteiger partial charge >= 0.3 is 0 Å². The van der Waals surface area contributed by atoms with Gasteiger partial charge in [-0.15, -0.1) is 0 Å². The molecule has 0 aliphatic heterocycles. The molecule has 0 unspecified atom stereocenters. The highest BCUT2D eigenvalue weighted by Gasteiger charge is 2.26. The first-order valence-corrected chi connectivity index (χ1v) is 12.7. The minimum atomic E-state index is -0.243. The number of ether oxygens (including phenoxy) is 1. The molecule has 0 atom stereocenters. The number of hydrogen-bond donors (Lipinski definition) is 0. The lowest BCUT2D eigenvalue weighted by molar-refractivity contribution is 0.127. The van der Waals surface area contributed by atoms with E-state index >= 15 is 8.78 Å². The normalized spacial score (nSPS) is 25.8. The SMILES string of the molecule is COCC1CCC(c2ccc(-c3ccc(C4CCC(CCCF)CC4)c(F)c3)cc2F)CC1. The van der Waals surface area contributed by atoms with E-state index in [-0.39, 0.29) is 30.1 Å². The molecule has 2 fully saturated rings. The zero-order chi connectivity index (χ0) is 23.2. The summed E-state index contributed by atoms with van der Waals surface area (Å²) in [4.78, 5) is 0. The molecule has 4 heteroatoms. The highest BCUT2D eigenvalue weighted by atomic mass is 19.1. The topological polar surface area (TPSA) is 9.23 Å². The maximum Gasteiger partial charge on any atom is 0.127 e. The Hall–Kier alpha value is -1.81. The first kappa shape index (κ1) is 24.3. The third-order valence-corrected chi connectivity index (χ3v) is 8.06. The highest BCUT2D eigenvalue weighted by Crippen LogP contribution is 2.40. The van der Waals surface area contributed by atoms with Crippen molar-refractivity contribution < 1.29 is 17.9 Å². The van der Waals surface area contributed by atoms with Gasteiger partial charge in [0.25, 0.3) is 0 Å². The zero-order valence-electron chi connectivity index (χ0n) is 19.8. The molecule has 0 amide bonds. The molecule has 0 heterocycles. The molecule has 0 aromatic heterocycles. The predicted molar refractivity (Wildman–Crippen MR) is 128 cm³/mol. The van der Waals surface area contributed by atoms with Crippen LogP contribution in [0.1, 0.15) is 87.2 Å². The fourth-order valence-electron chi connectivity index (χ4n) is 6.08. The molecule has 2 aromatic carbocycles. The van der Waals surface area contributed by atoms with Gasteiger partial charge in [0.05, 0.1) is 6.67 Å². The Labute approximate surface area is 196 Å². The van der Waals surface area contributed by atoms with Crippen molar-refractivity contribution in [1.29, 1.82) is 0 Å². The summed E-state index contributed by atoms with van der Waals surface area (Å²) in [6, 6.07) is 10.8. The fraction of sp³-hybridized carbons (Fsp3) is 0.586. The number of methoxy groups -OCH3 is 1. The Bertz CT molecular complexity index is 896. The Morgan fingerprint density at radius 1 is 0.727 bits per heavy atom. The number of hydrogen-bond acceptors (Lipinski definition) is 1. The van der Waals surface area contributed by atoms with Crippen LogP contribution in [0.4, 0.5) is 13.2 Å². The fourth-order valence-corrected chi connectivity index (χ4v) is 6.08. The molecule has 0 bridgehead atoms. The third kappa shape index (κ3) is 6.01. The second-order valence-corrected chi connectivity index (χ2v) is 10.2. The van der Waals surface area contributed by atoms with Gasteiger partial charge in [-0.3, -0.25) is 4.39 Å². The van der Waals surface area contributed by atoms with E-state index in [4.69, 9.17) is 4.74 Å². The first-order chi connectivity index (χ1) is 16.1. The molecule has 2 aliphatic carbocycles. The van der Waals surface area contributed by atoms with Crippen LogP contribution in [-0.2, 0) is 4.74 Å². The van der Waals surface area contributed by atoms with Crippen LogP contribution in [0.5, 0.6) is 0 Å². The number of rotatable bonds is 8. The first-order valence-electron chi connectivity index (χ1n) is 12.7. The lowest BCUT2D eigenvalue weighted by Crippen LogP contribution is -2.17. The predicted octanol–water partition coefficient (Wildman–Crippen LogP) is 8.58. The molecular formula is C29H37F3O. The summed E-state index contributed by atoms with van der Waals surface area (Å²) >= 11 is 0. The molecule has 0 saturated heterocycles. The van der Waals surface area contributed by atoms with Gasteiger partial charge in [0, 0.05) is 13.7 Å². The molecule has 180 valence electrons. The molecule has 4 rings (SSSR count). The lowest BCUT2D eigenvalue weighted by atomic mass is 9.77. The average molecular weight is 459 g/mol. The van der Waals surface area contributed by atoms with E-state index in [0.29, 0.717) is 18.3 Å². The van der Waals surface area contributed by atoms with Crippen LogP contribution in [0.15, 0.2) is 36.4 Å². The largest absolute Gasteiger partial charge is 0.384 e. The Balaban J connectivity index is 1.40. The van der Waals surface area contributed by atoms with E-state index in [2.05, 4.69) is 0 Å². The summed E-state index contributed by atoms with van der Waals surface area (Å²) in [6.07, 6.45) is 9.73. The van der Waals surface area contributed by atoms with Crippen molar-refractivity contribution in [3.05, 3.63) is 59.2 Å². The molecule has 2 aliphatic rings. The van der Waals surface area contributed by atoms with Gasteiger partial charge in [0.15, 0.2) is 0 Å². The van der Waals surface area contributed by atoms with Crippen molar-refractivity contribution in [3.63, 3.8) is 0 Å². The van der Waals surface area contributed by atoms with E-state index in [9.17, 15) is 4.39 Å². The van der Waals surface area contributed by atoms with Crippen molar-refractivity contribution >= 4 is 0 Å². The summed E-state index contributed by atoms with van der Waals surface area (Å²) < 4.78 is 47.7. The quantitative estimate of drug-likeness (QED) is 0.385. The molecule has 0 spiro atoms. The summed E-state index contributed by atoms with van der Waals surface area (Å²) in [5, 5.41) is 0. The maximum absolute atomic E-state index is 15.0. The number of alkyl halides is 1. The van der Waals surface area contributed by atoms with Crippen molar-refractivity contribution in [3.8, 4) is 11.1 Å². The Morgan fingerprint density at radius 3 is 1.64 bits per heavy atom. The van der Waals surface area contributed by atoms with Crippen molar-refractivity contribution in [2.75, 3.05) is 20.4 Å². The molecular weight excluding hydrogens is 421 g/mol. The highest BCUT2D eigenvalue weighted by molar-refractivity contribution is 5.64. The second kappa shape index (κ2) is 11.6. The second-order valence-electron chi connectivity index (χ2n) is 10.2. The third-order valence-electron chi connectivity index (χ3n) is 8.06. The van der Waals surface area contributed by atoms with Gasteiger partial charge in [0.2, 0.25) is 0 Å². The summed E-state index contributed by atoms with van der Waals surface area (Å²) in [6.45, 7) is 0.545. The Kier molecular flexibility index (Phi) is 8.51. The van der Waals surface area contributed by atoms with Crippen LogP contribution in [0, 0.1) is 23.5 Å². The lowest BCUT2D eigenvalue weighted by Gasteiger charge is -2.29. The van der Waals surface area contributed by atoms with Gasteiger partial charge in [-0.05, 0) is 122 Å². The minimum absolute atomic E-state index is 0.182. The zero-order valence-corrected chi connectivity index (χ0v) is 19.8. The van der Waals surface area contributed by atoms with E-state index < -0.39 is 0 Å². The van der Waals surface area contributed by atoms with Crippen LogP contribution >= 0.6 is 0 Å². The van der Waals surface area contributed by atoms with Gasteiger partial charge < -0.3 is 4.74 Å². The number of benzene rings is 2. The number of halogens is 3. The molecule has 1 nitrogen and oxygen atoms in total. The van der Waals surface area contributed by atoms with Crippen LogP contribution < -0.4 is 0 Å². The van der Waals surface area contributed by atoms with Crippen LogP contribution in [-0.4, -0.2) is 20.4 Å². The van der Waals surface area contributed by atoms with E-state index in [1.165, 1.54) is 0 Å². The Morgan fingerprint density at radius 2 is 1.21 bits per heavy atom. The standard InChI is InChI=1S/C29H37F3O/c1-33-19-21-6-10-23(11-7-21)27-15-13-25(18-29(27)32)24-12-14-26(28(31)17-24)22-8-4-20(5-9-22)3-2-16-30/h12-15,17-18,20-23H,2-11,16,19H2,1H3. The van der Waals surface area contributed by atoms with Crippen LogP contribution in [0.2, 0.25) is 0 Å². The molecule has 2 saturated carbocycles. The van der Waals surface area contributed by atoms with Crippen molar-refractivity contribution in [1.82, 2.24) is 0 Å². The van der Waals surface area contributed by atoms with Crippen LogP contribution in [0.3, 0.4) is 0 Å². The van der Waals surface area contributed by atoms with Gasteiger partial charge in [-0.1, -0.05) is 24.3 Å². The average Bonchev–Trinajstić information content (AvgIpc) is 2.84. The van der Waals surface area contributed by atoms with Gasteiger partial charge in [-0.2, -0.15) is 0 Å². The van der Waals surface area contributed by atoms with Crippen LogP contribution in [0.25, 0.3) is 11.1 Å². The van der Waals surface area contributed by atoms with Crippen molar-refractivity contribution in [2.45, 2.75) is 76.0 Å². The van der Waals surface area contributed by atoms with E-state index in [1.54, 1.807) is 19.2 Å². The minimum Gasteiger partial charge on any atom is -0.384 e. The molecule has 2 aromatic rings.